The maximum atomic E-state index is 10.7. The van der Waals surface area contributed by atoms with Crippen molar-refractivity contribution in [3.05, 3.63) is 22.8 Å². The van der Waals surface area contributed by atoms with E-state index in [2.05, 4.69) is 10.3 Å². The zero-order valence-electron chi connectivity index (χ0n) is 8.86. The van der Waals surface area contributed by atoms with Crippen LogP contribution in [0.4, 0.5) is 5.82 Å². The lowest BCUT2D eigenvalue weighted by atomic mass is 10.2. The average Bonchev–Trinajstić information content (AvgIpc) is 2.23. The van der Waals surface area contributed by atoms with Gasteiger partial charge in [0.05, 0.1) is 12.2 Å². The van der Waals surface area contributed by atoms with Crippen LogP contribution in [0.3, 0.4) is 0 Å². The molecule has 5 nitrogen and oxygen atoms in total. The Morgan fingerprint density at radius 2 is 2.38 bits per heavy atom. The number of carbonyl (C=O) groups is 1. The molecule has 0 spiro atoms. The van der Waals surface area contributed by atoms with Gasteiger partial charge in [0.1, 0.15) is 11.0 Å². The fraction of sp³-hybridized carbons (Fsp3) is 0.400. The molecule has 0 saturated carbocycles. The fourth-order valence-electron chi connectivity index (χ4n) is 1.11. The van der Waals surface area contributed by atoms with Crippen LogP contribution in [0, 0.1) is 0 Å². The molecule has 0 atom stereocenters. The average molecular weight is 245 g/mol. The number of ether oxygens (including phenoxy) is 1. The van der Waals surface area contributed by atoms with Gasteiger partial charge >= 0.3 is 5.97 Å². The van der Waals surface area contributed by atoms with Crippen molar-refractivity contribution < 1.29 is 14.6 Å². The third kappa shape index (κ3) is 4.04. The molecule has 0 bridgehead atoms. The Morgan fingerprint density at radius 1 is 1.62 bits per heavy atom. The molecule has 16 heavy (non-hydrogen) atoms. The van der Waals surface area contributed by atoms with Crippen molar-refractivity contribution in [3.8, 4) is 0 Å². The van der Waals surface area contributed by atoms with Gasteiger partial charge in [-0.1, -0.05) is 11.6 Å². The molecule has 1 heterocycles. The number of pyridine rings is 1. The summed E-state index contributed by atoms with van der Waals surface area (Å²) in [5.74, 6) is -0.596. The molecular weight excluding hydrogens is 232 g/mol. The summed E-state index contributed by atoms with van der Waals surface area (Å²) < 4.78 is 5.12. The number of nitrogens with one attached hydrogen (secondary N) is 1. The number of anilines is 1. The molecule has 1 rings (SSSR count). The minimum Gasteiger partial charge on any atom is -0.478 e. The summed E-state index contributed by atoms with van der Waals surface area (Å²) in [6.45, 7) is 3.64. The number of rotatable bonds is 6. The van der Waals surface area contributed by atoms with E-state index in [9.17, 15) is 4.79 Å². The molecule has 0 aliphatic heterocycles. The highest BCUT2D eigenvalue weighted by atomic mass is 35.5. The number of hydrogen-bond donors (Lipinski definition) is 2. The van der Waals surface area contributed by atoms with Gasteiger partial charge in [0.25, 0.3) is 0 Å². The molecule has 2 N–H and O–H groups in total. The maximum absolute atomic E-state index is 10.7. The van der Waals surface area contributed by atoms with Gasteiger partial charge in [0.2, 0.25) is 0 Å². The Balaban J connectivity index is 2.62. The number of aromatic nitrogens is 1. The van der Waals surface area contributed by atoms with Crippen molar-refractivity contribution >= 4 is 23.4 Å². The second kappa shape index (κ2) is 6.30. The van der Waals surface area contributed by atoms with Crippen molar-refractivity contribution in [1.29, 1.82) is 0 Å². The van der Waals surface area contributed by atoms with E-state index in [0.717, 1.165) is 0 Å². The number of aromatic carboxylic acids is 1. The molecule has 88 valence electrons. The lowest BCUT2D eigenvalue weighted by molar-refractivity contribution is 0.0697. The summed E-state index contributed by atoms with van der Waals surface area (Å²) in [7, 11) is 0. The first-order valence-corrected chi connectivity index (χ1v) is 5.23. The van der Waals surface area contributed by atoms with Crippen LogP contribution in [-0.4, -0.2) is 35.8 Å². The second-order valence-electron chi connectivity index (χ2n) is 2.99. The van der Waals surface area contributed by atoms with E-state index >= 15 is 0 Å². The molecule has 0 radical (unpaired) electrons. The quantitative estimate of drug-likeness (QED) is 0.591. The van der Waals surface area contributed by atoms with Crippen molar-refractivity contribution in [2.45, 2.75) is 6.92 Å². The van der Waals surface area contributed by atoms with Crippen LogP contribution in [-0.2, 0) is 4.74 Å². The van der Waals surface area contributed by atoms with Gasteiger partial charge in [-0.05, 0) is 19.1 Å². The molecule has 1 aromatic heterocycles. The zero-order valence-corrected chi connectivity index (χ0v) is 9.62. The second-order valence-corrected chi connectivity index (χ2v) is 3.38. The van der Waals surface area contributed by atoms with Gasteiger partial charge in [-0.15, -0.1) is 0 Å². The van der Waals surface area contributed by atoms with E-state index in [1.165, 1.54) is 12.1 Å². The normalized spacial score (nSPS) is 10.1. The lowest BCUT2D eigenvalue weighted by Crippen LogP contribution is -2.11. The van der Waals surface area contributed by atoms with Crippen LogP contribution in [0.5, 0.6) is 0 Å². The van der Waals surface area contributed by atoms with Crippen molar-refractivity contribution in [2.75, 3.05) is 25.1 Å². The summed E-state index contributed by atoms with van der Waals surface area (Å²) in [5.41, 5.74) is 0.110. The number of carboxylic acid groups (broad SMARTS) is 1. The zero-order chi connectivity index (χ0) is 12.0. The Morgan fingerprint density at radius 3 is 3.00 bits per heavy atom. The molecule has 0 unspecified atom stereocenters. The van der Waals surface area contributed by atoms with Crippen molar-refractivity contribution in [3.63, 3.8) is 0 Å². The van der Waals surface area contributed by atoms with E-state index in [0.29, 0.717) is 25.6 Å². The monoisotopic (exact) mass is 244 g/mol. The van der Waals surface area contributed by atoms with Crippen LogP contribution >= 0.6 is 11.6 Å². The summed E-state index contributed by atoms with van der Waals surface area (Å²) in [6, 6.07) is 2.73. The molecule has 0 fully saturated rings. The smallest absolute Gasteiger partial charge is 0.335 e. The molecular formula is C10H13ClN2O3. The van der Waals surface area contributed by atoms with Gasteiger partial charge in [-0.2, -0.15) is 0 Å². The third-order valence-corrected chi connectivity index (χ3v) is 1.99. The first kappa shape index (κ1) is 12.7. The molecule has 6 heteroatoms. The standard InChI is InChI=1S/C10H13ClN2O3/c1-2-16-4-3-12-9-6-7(10(14)15)5-8(11)13-9/h5-6H,2-4H2,1H3,(H,12,13)(H,14,15). The summed E-state index contributed by atoms with van der Waals surface area (Å²) in [4.78, 5) is 14.7. The molecule has 0 amide bonds. The largest absolute Gasteiger partial charge is 0.478 e. The molecule has 0 aliphatic carbocycles. The lowest BCUT2D eigenvalue weighted by Gasteiger charge is -2.06. The number of hydrogen-bond acceptors (Lipinski definition) is 4. The highest BCUT2D eigenvalue weighted by molar-refractivity contribution is 6.29. The van der Waals surface area contributed by atoms with Gasteiger partial charge in [0, 0.05) is 13.2 Å². The minimum absolute atomic E-state index is 0.110. The topological polar surface area (TPSA) is 71.5 Å². The summed E-state index contributed by atoms with van der Waals surface area (Å²) >= 11 is 5.69. The van der Waals surface area contributed by atoms with Crippen LogP contribution < -0.4 is 5.32 Å². The Bertz CT molecular complexity index is 371. The number of carboxylic acids is 1. The van der Waals surface area contributed by atoms with E-state index < -0.39 is 5.97 Å². The van der Waals surface area contributed by atoms with Crippen molar-refractivity contribution in [1.82, 2.24) is 4.98 Å². The SMILES string of the molecule is CCOCCNc1cc(C(=O)O)cc(Cl)n1. The van der Waals surface area contributed by atoms with E-state index in [-0.39, 0.29) is 10.7 Å². The van der Waals surface area contributed by atoms with Gasteiger partial charge in [-0.25, -0.2) is 9.78 Å². The van der Waals surface area contributed by atoms with E-state index in [1.807, 2.05) is 6.92 Å². The highest BCUT2D eigenvalue weighted by Crippen LogP contribution is 2.14. The van der Waals surface area contributed by atoms with Gasteiger partial charge < -0.3 is 15.2 Å². The first-order valence-electron chi connectivity index (χ1n) is 4.86. The van der Waals surface area contributed by atoms with E-state index in [4.69, 9.17) is 21.4 Å². The summed E-state index contributed by atoms with van der Waals surface area (Å²) in [6.07, 6.45) is 0. The molecule has 0 aliphatic rings. The van der Waals surface area contributed by atoms with E-state index in [1.54, 1.807) is 0 Å². The minimum atomic E-state index is -1.03. The Hall–Kier alpha value is -1.33. The molecule has 1 aromatic rings. The predicted octanol–water partition coefficient (Wildman–Crippen LogP) is 1.88. The van der Waals surface area contributed by atoms with Crippen LogP contribution in [0.1, 0.15) is 17.3 Å². The van der Waals surface area contributed by atoms with Gasteiger partial charge in [-0.3, -0.25) is 0 Å². The third-order valence-electron chi connectivity index (χ3n) is 1.80. The number of nitrogens with zero attached hydrogens (tertiary/aromatic N) is 1. The predicted molar refractivity (Wildman–Crippen MR) is 61.2 cm³/mol. The Labute approximate surface area is 98.4 Å². The Kier molecular flexibility index (Phi) is 5.01. The molecule has 0 saturated heterocycles. The fourth-order valence-corrected chi connectivity index (χ4v) is 1.32. The van der Waals surface area contributed by atoms with Gasteiger partial charge in [0.15, 0.2) is 0 Å². The summed E-state index contributed by atoms with van der Waals surface area (Å²) in [5, 5.41) is 11.9. The molecule has 0 aromatic carbocycles. The number of halogens is 1. The highest BCUT2D eigenvalue weighted by Gasteiger charge is 2.06. The van der Waals surface area contributed by atoms with Crippen LogP contribution in [0.2, 0.25) is 5.15 Å². The first-order chi connectivity index (χ1) is 7.63. The van der Waals surface area contributed by atoms with Crippen molar-refractivity contribution in [2.24, 2.45) is 0 Å². The maximum Gasteiger partial charge on any atom is 0.335 e. The van der Waals surface area contributed by atoms with Crippen LogP contribution in [0.15, 0.2) is 12.1 Å². The van der Waals surface area contributed by atoms with Crippen LogP contribution in [0.25, 0.3) is 0 Å².